The molecule has 0 unspecified atom stereocenters. The van der Waals surface area contributed by atoms with Crippen molar-refractivity contribution in [1.29, 1.82) is 0 Å². The minimum atomic E-state index is -0.765. The van der Waals surface area contributed by atoms with Crippen LogP contribution in [0.5, 0.6) is 5.75 Å². The molecule has 7 nitrogen and oxygen atoms in total. The molecule has 0 radical (unpaired) electrons. The van der Waals surface area contributed by atoms with Gasteiger partial charge in [-0.2, -0.15) is 0 Å². The first-order valence-electron chi connectivity index (χ1n) is 12.0. The van der Waals surface area contributed by atoms with Gasteiger partial charge >= 0.3 is 5.97 Å². The molecule has 0 aliphatic carbocycles. The van der Waals surface area contributed by atoms with Crippen molar-refractivity contribution in [3.05, 3.63) is 63.6 Å². The van der Waals surface area contributed by atoms with Gasteiger partial charge in [-0.05, 0) is 60.6 Å². The number of hydrogen-bond donors (Lipinski definition) is 1. The van der Waals surface area contributed by atoms with Gasteiger partial charge in [-0.25, -0.2) is 4.79 Å². The number of piperidine rings is 1. The number of nitrogens with zero attached hydrogens (tertiary/aromatic N) is 1. The Labute approximate surface area is 222 Å². The highest BCUT2D eigenvalue weighted by Gasteiger charge is 2.27. The number of carbonyl (C=O) groups excluding carboxylic acids is 3. The average molecular weight is 535 g/mol. The van der Waals surface area contributed by atoms with Crippen LogP contribution in [0.15, 0.2) is 42.5 Å². The first-order valence-corrected chi connectivity index (χ1v) is 12.8. The number of halogens is 2. The molecule has 0 aromatic heterocycles. The smallest absolute Gasteiger partial charge is 0.328 e. The fourth-order valence-corrected chi connectivity index (χ4v) is 4.66. The Morgan fingerprint density at radius 1 is 1.00 bits per heavy atom. The number of ether oxygens (including phenoxy) is 2. The van der Waals surface area contributed by atoms with E-state index in [0.717, 1.165) is 29.7 Å². The number of likely N-dealkylation sites (tertiary alicyclic amines) is 1. The molecule has 2 aromatic rings. The van der Waals surface area contributed by atoms with E-state index in [0.29, 0.717) is 48.8 Å². The van der Waals surface area contributed by atoms with Crippen molar-refractivity contribution in [3.8, 4) is 5.75 Å². The molecule has 1 fully saturated rings. The molecule has 2 aromatic carbocycles. The molecule has 0 saturated carbocycles. The Bertz CT molecular complexity index is 1050. The SMILES string of the molecule is COC(=O)[C@H](Cc1ccc(OC)cc1)NC(=O)CC1CCN(C(=O)CCc2ccc(Cl)c(Cl)c2)CC1. The topological polar surface area (TPSA) is 84.9 Å². The van der Waals surface area contributed by atoms with Gasteiger partial charge in [-0.3, -0.25) is 9.59 Å². The number of rotatable bonds is 10. The van der Waals surface area contributed by atoms with Crippen molar-refractivity contribution in [2.45, 2.75) is 44.6 Å². The van der Waals surface area contributed by atoms with E-state index in [1.807, 2.05) is 35.2 Å². The molecule has 1 N–H and O–H groups in total. The van der Waals surface area contributed by atoms with Crippen molar-refractivity contribution in [1.82, 2.24) is 10.2 Å². The molecule has 1 aliphatic rings. The normalized spacial score (nSPS) is 14.7. The monoisotopic (exact) mass is 534 g/mol. The van der Waals surface area contributed by atoms with E-state index in [1.54, 1.807) is 19.2 Å². The molecule has 9 heteroatoms. The summed E-state index contributed by atoms with van der Waals surface area (Å²) in [7, 11) is 2.90. The number of aryl methyl sites for hydroxylation is 1. The number of methoxy groups -OCH3 is 2. The van der Waals surface area contributed by atoms with E-state index in [4.69, 9.17) is 32.7 Å². The predicted octanol–water partition coefficient (Wildman–Crippen LogP) is 4.46. The van der Waals surface area contributed by atoms with E-state index >= 15 is 0 Å². The maximum atomic E-state index is 12.7. The molecule has 1 aliphatic heterocycles. The summed E-state index contributed by atoms with van der Waals surface area (Å²) in [5, 5.41) is 3.81. The van der Waals surface area contributed by atoms with Crippen LogP contribution in [0.4, 0.5) is 0 Å². The highest BCUT2D eigenvalue weighted by Crippen LogP contribution is 2.24. The van der Waals surface area contributed by atoms with Gasteiger partial charge in [0.15, 0.2) is 0 Å². The maximum absolute atomic E-state index is 12.7. The number of hydrogen-bond acceptors (Lipinski definition) is 5. The molecule has 0 bridgehead atoms. The van der Waals surface area contributed by atoms with E-state index < -0.39 is 12.0 Å². The van der Waals surface area contributed by atoms with Crippen LogP contribution < -0.4 is 10.1 Å². The number of esters is 1. The summed E-state index contributed by atoms with van der Waals surface area (Å²) >= 11 is 12.0. The summed E-state index contributed by atoms with van der Waals surface area (Å²) in [6.45, 7) is 1.23. The zero-order valence-corrected chi connectivity index (χ0v) is 22.1. The Hall–Kier alpha value is -2.77. The number of nitrogens with one attached hydrogen (secondary N) is 1. The second kappa shape index (κ2) is 13.5. The van der Waals surface area contributed by atoms with Gasteiger partial charge < -0.3 is 19.7 Å². The van der Waals surface area contributed by atoms with Crippen LogP contribution in [-0.4, -0.2) is 56.0 Å². The quantitative estimate of drug-likeness (QED) is 0.454. The third-order valence-corrected chi connectivity index (χ3v) is 7.21. The first-order chi connectivity index (χ1) is 17.3. The van der Waals surface area contributed by atoms with E-state index in [9.17, 15) is 14.4 Å². The molecule has 2 amide bonds. The number of amides is 2. The van der Waals surface area contributed by atoms with Gasteiger partial charge in [-0.1, -0.05) is 41.4 Å². The Kier molecular flexibility index (Phi) is 10.4. The molecule has 0 spiro atoms. The highest BCUT2D eigenvalue weighted by atomic mass is 35.5. The molecule has 194 valence electrons. The predicted molar refractivity (Wildman–Crippen MR) is 139 cm³/mol. The van der Waals surface area contributed by atoms with Gasteiger partial charge in [0.2, 0.25) is 11.8 Å². The lowest BCUT2D eigenvalue weighted by Crippen LogP contribution is -2.44. The lowest BCUT2D eigenvalue weighted by atomic mass is 9.92. The van der Waals surface area contributed by atoms with Crippen molar-refractivity contribution < 1.29 is 23.9 Å². The van der Waals surface area contributed by atoms with Gasteiger partial charge in [0.25, 0.3) is 0 Å². The number of benzene rings is 2. The second-order valence-corrected chi connectivity index (χ2v) is 9.79. The van der Waals surface area contributed by atoms with Gasteiger partial charge in [0.1, 0.15) is 11.8 Å². The molecule has 1 atom stereocenters. The first kappa shape index (κ1) is 27.8. The van der Waals surface area contributed by atoms with Crippen LogP contribution in [0, 0.1) is 5.92 Å². The molecule has 1 saturated heterocycles. The van der Waals surface area contributed by atoms with Crippen molar-refractivity contribution in [3.63, 3.8) is 0 Å². The second-order valence-electron chi connectivity index (χ2n) is 8.97. The van der Waals surface area contributed by atoms with Crippen LogP contribution in [0.3, 0.4) is 0 Å². The summed E-state index contributed by atoms with van der Waals surface area (Å²) in [6, 6.07) is 12.0. The molecule has 3 rings (SSSR count). The van der Waals surface area contributed by atoms with Crippen LogP contribution >= 0.6 is 23.2 Å². The van der Waals surface area contributed by atoms with Crippen molar-refractivity contribution in [2.75, 3.05) is 27.3 Å². The van der Waals surface area contributed by atoms with Crippen molar-refractivity contribution >= 4 is 41.0 Å². The minimum Gasteiger partial charge on any atom is -0.497 e. The summed E-state index contributed by atoms with van der Waals surface area (Å²) in [4.78, 5) is 39.5. The summed E-state index contributed by atoms with van der Waals surface area (Å²) in [5.41, 5.74) is 1.86. The third-order valence-electron chi connectivity index (χ3n) is 6.47. The fourth-order valence-electron chi connectivity index (χ4n) is 4.34. The average Bonchev–Trinajstić information content (AvgIpc) is 2.89. The fraction of sp³-hybridized carbons (Fsp3) is 0.444. The largest absolute Gasteiger partial charge is 0.497 e. The van der Waals surface area contributed by atoms with Gasteiger partial charge in [0, 0.05) is 32.4 Å². The van der Waals surface area contributed by atoms with Gasteiger partial charge in [-0.15, -0.1) is 0 Å². The minimum absolute atomic E-state index is 0.0919. The maximum Gasteiger partial charge on any atom is 0.328 e. The van der Waals surface area contributed by atoms with Crippen LogP contribution in [-0.2, 0) is 32.0 Å². The molecule has 36 heavy (non-hydrogen) atoms. The number of carbonyl (C=O) groups is 3. The lowest BCUT2D eigenvalue weighted by Gasteiger charge is -2.32. The molecule has 1 heterocycles. The van der Waals surface area contributed by atoms with Crippen LogP contribution in [0.1, 0.15) is 36.8 Å². The third kappa shape index (κ3) is 8.14. The molecular weight excluding hydrogens is 503 g/mol. The van der Waals surface area contributed by atoms with Crippen molar-refractivity contribution in [2.24, 2.45) is 5.92 Å². The van der Waals surface area contributed by atoms with E-state index in [1.165, 1.54) is 7.11 Å². The lowest BCUT2D eigenvalue weighted by molar-refractivity contribution is -0.145. The summed E-state index contributed by atoms with van der Waals surface area (Å²) < 4.78 is 10.1. The van der Waals surface area contributed by atoms with Gasteiger partial charge in [0.05, 0.1) is 24.3 Å². The van der Waals surface area contributed by atoms with Crippen LogP contribution in [0.2, 0.25) is 10.0 Å². The Morgan fingerprint density at radius 3 is 2.28 bits per heavy atom. The van der Waals surface area contributed by atoms with E-state index in [2.05, 4.69) is 5.32 Å². The highest BCUT2D eigenvalue weighted by molar-refractivity contribution is 6.42. The zero-order chi connectivity index (χ0) is 26.1. The molecular formula is C27H32Cl2N2O5. The standard InChI is InChI=1S/C27H32Cl2N2O5/c1-35-21-7-3-19(4-8-21)16-24(27(34)36-2)30-25(32)17-20-11-13-31(14-12-20)26(33)10-6-18-5-9-22(28)23(29)15-18/h3-5,7-9,15,20,24H,6,10-14,16-17H2,1-2H3,(H,30,32)/t24-/m0/s1. The van der Waals surface area contributed by atoms with Crippen LogP contribution in [0.25, 0.3) is 0 Å². The zero-order valence-electron chi connectivity index (χ0n) is 20.6. The summed E-state index contributed by atoms with van der Waals surface area (Å²) in [5.74, 6) is 0.291. The Balaban J connectivity index is 1.44. The Morgan fingerprint density at radius 2 is 1.67 bits per heavy atom. The van der Waals surface area contributed by atoms with E-state index in [-0.39, 0.29) is 17.7 Å². The summed E-state index contributed by atoms with van der Waals surface area (Å²) in [6.07, 6.45) is 3.12.